The van der Waals surface area contributed by atoms with Crippen molar-refractivity contribution in [1.29, 1.82) is 5.26 Å². The topological polar surface area (TPSA) is 122 Å². The van der Waals surface area contributed by atoms with Crippen molar-refractivity contribution in [1.82, 2.24) is 0 Å². The van der Waals surface area contributed by atoms with Crippen LogP contribution in [0.2, 0.25) is 5.02 Å². The lowest BCUT2D eigenvalue weighted by atomic mass is 10.2. The maximum absolute atomic E-state index is 12.0. The summed E-state index contributed by atoms with van der Waals surface area (Å²) in [7, 11) is 0. The number of ether oxygens (including phenoxy) is 1. The number of benzene rings is 2. The van der Waals surface area contributed by atoms with Crippen LogP contribution in [0, 0.1) is 21.4 Å². The molecule has 9 heteroatoms. The molecule has 2 aromatic rings. The monoisotopic (exact) mass is 359 g/mol. The molecule has 126 valence electrons. The van der Waals surface area contributed by atoms with Crippen LogP contribution < -0.4 is 10.1 Å². The number of nitriles is 1. The molecule has 1 N–H and O–H groups in total. The molecule has 0 aliphatic carbocycles. The number of hydrogen-bond acceptors (Lipinski definition) is 6. The fourth-order valence-corrected chi connectivity index (χ4v) is 2.09. The zero-order valence-corrected chi connectivity index (χ0v) is 13.3. The average Bonchev–Trinajstić information content (AvgIpc) is 2.59. The van der Waals surface area contributed by atoms with Gasteiger partial charge in [0, 0.05) is 17.2 Å². The Balaban J connectivity index is 2.08. The molecule has 0 saturated heterocycles. The molecule has 8 nitrogen and oxygen atoms in total. The second kappa shape index (κ2) is 7.90. The average molecular weight is 360 g/mol. The number of anilines is 1. The summed E-state index contributed by atoms with van der Waals surface area (Å²) >= 11 is 5.82. The Morgan fingerprint density at radius 2 is 2.12 bits per heavy atom. The first kappa shape index (κ1) is 17.9. The number of halogens is 1. The van der Waals surface area contributed by atoms with E-state index in [1.807, 2.05) is 6.07 Å². The Bertz CT molecular complexity index is 892. The maximum Gasteiger partial charge on any atom is 0.270 e. The first-order valence-corrected chi connectivity index (χ1v) is 7.18. The fourth-order valence-electron chi connectivity index (χ4n) is 1.92. The zero-order chi connectivity index (χ0) is 18.4. The highest BCUT2D eigenvalue weighted by Gasteiger charge is 2.13. The third-order valence-corrected chi connectivity index (χ3v) is 3.30. The standard InChI is InChI=1S/C16H10ClN3O5/c17-12-2-1-10(7-18)14(6-12)19-16(22)9-25-15-4-3-13(20(23)24)5-11(15)8-21/h1-6,8H,9H2,(H,19,22). The summed E-state index contributed by atoms with van der Waals surface area (Å²) in [4.78, 5) is 33.0. The zero-order valence-electron chi connectivity index (χ0n) is 12.6. The Labute approximate surface area is 146 Å². The molecule has 0 bridgehead atoms. The van der Waals surface area contributed by atoms with Crippen molar-refractivity contribution >= 4 is 35.2 Å². The van der Waals surface area contributed by atoms with Crippen LogP contribution in [0.1, 0.15) is 15.9 Å². The molecule has 0 aliphatic heterocycles. The first-order chi connectivity index (χ1) is 11.9. The predicted molar refractivity (Wildman–Crippen MR) is 88.8 cm³/mol. The highest BCUT2D eigenvalue weighted by Crippen LogP contribution is 2.23. The molecule has 0 unspecified atom stereocenters. The minimum atomic E-state index is -0.647. The van der Waals surface area contributed by atoms with Crippen molar-refractivity contribution < 1.29 is 19.2 Å². The van der Waals surface area contributed by atoms with Crippen molar-refractivity contribution in [3.63, 3.8) is 0 Å². The van der Waals surface area contributed by atoms with Gasteiger partial charge >= 0.3 is 0 Å². The number of nitrogens with one attached hydrogen (secondary N) is 1. The molecule has 0 atom stereocenters. The molecule has 0 fully saturated rings. The molecule has 1 amide bonds. The lowest BCUT2D eigenvalue weighted by Gasteiger charge is -2.10. The third kappa shape index (κ3) is 4.53. The van der Waals surface area contributed by atoms with E-state index < -0.39 is 17.4 Å². The minimum Gasteiger partial charge on any atom is -0.483 e. The number of carbonyl (C=O) groups excluding carboxylic acids is 2. The lowest BCUT2D eigenvalue weighted by molar-refractivity contribution is -0.384. The largest absolute Gasteiger partial charge is 0.483 e. The number of non-ortho nitro benzene ring substituents is 1. The lowest BCUT2D eigenvalue weighted by Crippen LogP contribution is -2.21. The van der Waals surface area contributed by atoms with E-state index in [4.69, 9.17) is 21.6 Å². The normalized spacial score (nSPS) is 9.76. The predicted octanol–water partition coefficient (Wildman–Crippen LogP) is 2.95. The summed E-state index contributed by atoms with van der Waals surface area (Å²) in [6.07, 6.45) is 0.394. The van der Waals surface area contributed by atoms with E-state index in [-0.39, 0.29) is 28.3 Å². The number of hydrogen-bond donors (Lipinski definition) is 1. The molecule has 0 spiro atoms. The van der Waals surface area contributed by atoms with Gasteiger partial charge in [-0.25, -0.2) is 0 Å². The number of nitro groups is 1. The van der Waals surface area contributed by atoms with E-state index in [0.29, 0.717) is 11.3 Å². The highest BCUT2D eigenvalue weighted by atomic mass is 35.5. The number of rotatable bonds is 6. The van der Waals surface area contributed by atoms with Gasteiger partial charge in [0.2, 0.25) is 0 Å². The van der Waals surface area contributed by atoms with E-state index in [9.17, 15) is 19.7 Å². The summed E-state index contributed by atoms with van der Waals surface area (Å²) in [5.41, 5.74) is 0.128. The quantitative estimate of drug-likeness (QED) is 0.480. The van der Waals surface area contributed by atoms with Crippen LogP contribution in [0.15, 0.2) is 36.4 Å². The van der Waals surface area contributed by atoms with Crippen molar-refractivity contribution in [3.05, 3.63) is 62.7 Å². The summed E-state index contributed by atoms with van der Waals surface area (Å²) in [5.74, 6) is -0.559. The van der Waals surface area contributed by atoms with Gasteiger partial charge in [-0.05, 0) is 24.3 Å². The van der Waals surface area contributed by atoms with E-state index in [1.165, 1.54) is 24.3 Å². The third-order valence-electron chi connectivity index (χ3n) is 3.07. The fraction of sp³-hybridized carbons (Fsp3) is 0.0625. The number of carbonyl (C=O) groups is 2. The number of amides is 1. The molecule has 0 radical (unpaired) electrons. The molecule has 0 heterocycles. The van der Waals surface area contributed by atoms with Crippen LogP contribution in [0.4, 0.5) is 11.4 Å². The molecule has 2 aromatic carbocycles. The van der Waals surface area contributed by atoms with Gasteiger partial charge in [0.25, 0.3) is 11.6 Å². The van der Waals surface area contributed by atoms with Crippen LogP contribution in [0.5, 0.6) is 5.75 Å². The molecule has 2 rings (SSSR count). The summed E-state index contributed by atoms with van der Waals surface area (Å²) in [6, 6.07) is 9.74. The number of nitrogens with zero attached hydrogens (tertiary/aromatic N) is 2. The molecular weight excluding hydrogens is 350 g/mol. The molecule has 0 aliphatic rings. The molecule has 25 heavy (non-hydrogen) atoms. The van der Waals surface area contributed by atoms with E-state index in [0.717, 1.165) is 12.1 Å². The van der Waals surface area contributed by atoms with Gasteiger partial charge in [0.1, 0.15) is 11.8 Å². The van der Waals surface area contributed by atoms with Gasteiger partial charge < -0.3 is 10.1 Å². The van der Waals surface area contributed by atoms with Gasteiger partial charge in [-0.1, -0.05) is 11.6 Å². The minimum absolute atomic E-state index is 0.0300. The summed E-state index contributed by atoms with van der Waals surface area (Å²) in [6.45, 7) is -0.462. The second-order valence-electron chi connectivity index (χ2n) is 4.74. The van der Waals surface area contributed by atoms with Crippen LogP contribution >= 0.6 is 11.6 Å². The Kier molecular flexibility index (Phi) is 5.66. The van der Waals surface area contributed by atoms with E-state index in [1.54, 1.807) is 0 Å². The van der Waals surface area contributed by atoms with Crippen LogP contribution in [-0.2, 0) is 4.79 Å². The summed E-state index contributed by atoms with van der Waals surface area (Å²) < 4.78 is 5.22. The molecule has 0 aromatic heterocycles. The van der Waals surface area contributed by atoms with Gasteiger partial charge in [-0.3, -0.25) is 19.7 Å². The van der Waals surface area contributed by atoms with Crippen LogP contribution in [0.25, 0.3) is 0 Å². The molecule has 0 saturated carbocycles. The molecular formula is C16H10ClN3O5. The maximum atomic E-state index is 12.0. The van der Waals surface area contributed by atoms with Gasteiger partial charge in [0.05, 0.1) is 21.7 Å². The van der Waals surface area contributed by atoms with Crippen molar-refractivity contribution in [3.8, 4) is 11.8 Å². The van der Waals surface area contributed by atoms with Crippen LogP contribution in [0.3, 0.4) is 0 Å². The number of aldehydes is 1. The van der Waals surface area contributed by atoms with Gasteiger partial charge in [-0.2, -0.15) is 5.26 Å². The first-order valence-electron chi connectivity index (χ1n) is 6.80. The van der Waals surface area contributed by atoms with E-state index in [2.05, 4.69) is 5.32 Å². The second-order valence-corrected chi connectivity index (χ2v) is 5.17. The van der Waals surface area contributed by atoms with Gasteiger partial charge in [-0.15, -0.1) is 0 Å². The SMILES string of the molecule is N#Cc1ccc(Cl)cc1NC(=O)COc1ccc([N+](=O)[O-])cc1C=O. The van der Waals surface area contributed by atoms with Crippen molar-refractivity contribution in [2.75, 3.05) is 11.9 Å². The number of nitro benzene ring substituents is 1. The van der Waals surface area contributed by atoms with Crippen LogP contribution in [-0.4, -0.2) is 23.7 Å². The Morgan fingerprint density at radius 1 is 1.36 bits per heavy atom. The van der Waals surface area contributed by atoms with E-state index >= 15 is 0 Å². The summed E-state index contributed by atoms with van der Waals surface area (Å²) in [5, 5.41) is 22.5. The smallest absolute Gasteiger partial charge is 0.270 e. The Hall–Kier alpha value is -3.44. The van der Waals surface area contributed by atoms with Crippen molar-refractivity contribution in [2.45, 2.75) is 0 Å². The highest BCUT2D eigenvalue weighted by molar-refractivity contribution is 6.31. The van der Waals surface area contributed by atoms with Gasteiger partial charge in [0.15, 0.2) is 12.9 Å². The Morgan fingerprint density at radius 3 is 2.76 bits per heavy atom. The van der Waals surface area contributed by atoms with Crippen molar-refractivity contribution in [2.24, 2.45) is 0 Å².